The first kappa shape index (κ1) is 18.1. The van der Waals surface area contributed by atoms with Crippen molar-refractivity contribution in [3.8, 4) is 0 Å². The molecule has 2 aliphatic carbocycles. The second-order valence-electron chi connectivity index (χ2n) is 7.45. The standard InChI is InChI=1S/C28H20N2/c1-19-17-25(21-11-7-3-4-8-12-21)23-15-16-24-26(22-13-9-5-6-10-14-22)18-20(2)30-28(24)27(23)29-19/h3-5,7,9-18H,1-2H3. The minimum Gasteiger partial charge on any atom is -0.251 e. The quantitative estimate of drug-likeness (QED) is 0.362. The van der Waals surface area contributed by atoms with Crippen LogP contribution in [0.25, 0.3) is 33.0 Å². The lowest BCUT2D eigenvalue weighted by atomic mass is 9.94. The predicted octanol–water partition coefficient (Wildman–Crippen LogP) is 6.73. The Kier molecular flexibility index (Phi) is 4.50. The lowest BCUT2D eigenvalue weighted by Gasteiger charge is -2.14. The number of nitrogens with zero attached hydrogens (tertiary/aromatic N) is 2. The van der Waals surface area contributed by atoms with Gasteiger partial charge >= 0.3 is 0 Å². The molecular formula is C28H20N2. The van der Waals surface area contributed by atoms with E-state index in [1.165, 1.54) is 0 Å². The zero-order valence-corrected chi connectivity index (χ0v) is 17.0. The maximum absolute atomic E-state index is 4.92. The van der Waals surface area contributed by atoms with Gasteiger partial charge in [0, 0.05) is 22.2 Å². The molecule has 2 nitrogen and oxygen atoms in total. The lowest BCUT2D eigenvalue weighted by molar-refractivity contribution is 1.22. The molecule has 0 aliphatic heterocycles. The number of aromatic nitrogens is 2. The molecule has 1 aromatic carbocycles. The highest BCUT2D eigenvalue weighted by Crippen LogP contribution is 2.34. The monoisotopic (exact) mass is 384 g/mol. The molecule has 0 bridgehead atoms. The van der Waals surface area contributed by atoms with Gasteiger partial charge < -0.3 is 0 Å². The first-order valence-corrected chi connectivity index (χ1v) is 10.0. The van der Waals surface area contributed by atoms with Crippen LogP contribution in [0.2, 0.25) is 0 Å². The molecule has 142 valence electrons. The van der Waals surface area contributed by atoms with Crippen LogP contribution in [-0.4, -0.2) is 9.97 Å². The van der Waals surface area contributed by atoms with Gasteiger partial charge in [-0.1, -0.05) is 42.5 Å². The van der Waals surface area contributed by atoms with E-state index < -0.39 is 0 Å². The fraction of sp³-hybridized carbons (Fsp3) is 0.0714. The Hall–Kier alpha value is -3.96. The van der Waals surface area contributed by atoms with Crippen molar-refractivity contribution in [2.45, 2.75) is 13.8 Å². The molecule has 0 amide bonds. The van der Waals surface area contributed by atoms with E-state index in [9.17, 15) is 0 Å². The van der Waals surface area contributed by atoms with Crippen molar-refractivity contribution in [3.05, 3.63) is 119 Å². The van der Waals surface area contributed by atoms with Gasteiger partial charge in [0.15, 0.2) is 0 Å². The van der Waals surface area contributed by atoms with Crippen molar-refractivity contribution in [1.29, 1.82) is 0 Å². The Bertz CT molecular complexity index is 1460. The Morgan fingerprint density at radius 3 is 2.07 bits per heavy atom. The molecule has 2 heterocycles. The molecular weight excluding hydrogens is 364 g/mol. The zero-order chi connectivity index (χ0) is 20.5. The van der Waals surface area contributed by atoms with Crippen LogP contribution in [0.4, 0.5) is 0 Å². The van der Waals surface area contributed by atoms with Crippen molar-refractivity contribution < 1.29 is 0 Å². The molecule has 0 saturated heterocycles. The third-order valence-corrected chi connectivity index (χ3v) is 5.28. The first-order valence-electron chi connectivity index (χ1n) is 10.0. The average Bonchev–Trinajstić information content (AvgIpc) is 3.18. The predicted molar refractivity (Wildman–Crippen MR) is 126 cm³/mol. The fourth-order valence-electron chi connectivity index (χ4n) is 3.97. The van der Waals surface area contributed by atoms with Gasteiger partial charge in [-0.25, -0.2) is 0 Å². The molecule has 30 heavy (non-hydrogen) atoms. The number of hydrogen-bond acceptors (Lipinski definition) is 2. The van der Waals surface area contributed by atoms with Gasteiger partial charge in [-0.15, -0.1) is 11.5 Å². The summed E-state index contributed by atoms with van der Waals surface area (Å²) in [6.45, 7) is 4.08. The van der Waals surface area contributed by atoms with E-state index in [1.807, 2.05) is 56.4 Å². The maximum atomic E-state index is 4.92. The summed E-state index contributed by atoms with van der Waals surface area (Å²) >= 11 is 0. The minimum absolute atomic E-state index is 0.936. The molecule has 2 aromatic heterocycles. The average molecular weight is 384 g/mol. The van der Waals surface area contributed by atoms with Crippen LogP contribution < -0.4 is 0 Å². The van der Waals surface area contributed by atoms with Crippen LogP contribution in [0.15, 0.2) is 96.5 Å². The van der Waals surface area contributed by atoms with E-state index in [0.717, 1.165) is 55.5 Å². The van der Waals surface area contributed by atoms with Crippen molar-refractivity contribution >= 4 is 33.0 Å². The number of benzene rings is 1. The number of aryl methyl sites for hydroxylation is 2. The third-order valence-electron chi connectivity index (χ3n) is 5.28. The van der Waals surface area contributed by atoms with Gasteiger partial charge in [0.05, 0.1) is 11.0 Å². The van der Waals surface area contributed by atoms with Crippen LogP contribution in [0.1, 0.15) is 22.5 Å². The molecule has 0 atom stereocenters. The normalized spacial score (nSPS) is 14.9. The van der Waals surface area contributed by atoms with E-state index >= 15 is 0 Å². The van der Waals surface area contributed by atoms with Crippen molar-refractivity contribution in [2.24, 2.45) is 0 Å². The van der Waals surface area contributed by atoms with Gasteiger partial charge in [-0.05, 0) is 78.6 Å². The summed E-state index contributed by atoms with van der Waals surface area (Å²) in [5, 5.41) is 2.21. The molecule has 0 radical (unpaired) electrons. The van der Waals surface area contributed by atoms with Crippen molar-refractivity contribution in [2.75, 3.05) is 0 Å². The molecule has 3 aromatic rings. The van der Waals surface area contributed by atoms with Crippen LogP contribution in [0.3, 0.4) is 0 Å². The van der Waals surface area contributed by atoms with Gasteiger partial charge in [0.1, 0.15) is 0 Å². The number of pyridine rings is 2. The van der Waals surface area contributed by atoms with Crippen molar-refractivity contribution in [3.63, 3.8) is 0 Å². The highest BCUT2D eigenvalue weighted by atomic mass is 14.8. The smallest absolute Gasteiger partial charge is 0.0974 e. The number of rotatable bonds is 2. The second-order valence-corrected chi connectivity index (χ2v) is 7.45. The van der Waals surface area contributed by atoms with E-state index in [-0.39, 0.29) is 0 Å². The van der Waals surface area contributed by atoms with Gasteiger partial charge in [-0.3, -0.25) is 9.97 Å². The van der Waals surface area contributed by atoms with E-state index in [2.05, 4.69) is 54.0 Å². The van der Waals surface area contributed by atoms with Crippen LogP contribution in [0.5, 0.6) is 0 Å². The number of fused-ring (bicyclic) bond motifs is 3. The summed E-state index contributed by atoms with van der Waals surface area (Å²) in [5.74, 6) is 0. The van der Waals surface area contributed by atoms with Crippen molar-refractivity contribution in [1.82, 2.24) is 9.97 Å². The first-order chi connectivity index (χ1) is 14.7. The summed E-state index contributed by atoms with van der Waals surface area (Å²) in [5.41, 5.74) is 14.7. The molecule has 0 unspecified atom stereocenters. The minimum atomic E-state index is 0.936. The highest BCUT2D eigenvalue weighted by molar-refractivity contribution is 6.10. The highest BCUT2D eigenvalue weighted by Gasteiger charge is 2.14. The number of hydrogen-bond donors (Lipinski definition) is 0. The van der Waals surface area contributed by atoms with Crippen LogP contribution in [0, 0.1) is 13.8 Å². The third kappa shape index (κ3) is 3.21. The van der Waals surface area contributed by atoms with E-state index in [4.69, 9.17) is 9.97 Å². The largest absolute Gasteiger partial charge is 0.251 e. The van der Waals surface area contributed by atoms with Gasteiger partial charge in [0.2, 0.25) is 0 Å². The summed E-state index contributed by atoms with van der Waals surface area (Å²) in [6, 6.07) is 8.62. The molecule has 0 spiro atoms. The second kappa shape index (κ2) is 7.46. The Morgan fingerprint density at radius 2 is 1.33 bits per heavy atom. The summed E-state index contributed by atoms with van der Waals surface area (Å²) in [7, 11) is 0. The molecule has 2 heteroatoms. The van der Waals surface area contributed by atoms with Gasteiger partial charge in [0.25, 0.3) is 0 Å². The van der Waals surface area contributed by atoms with E-state index in [0.29, 0.717) is 0 Å². The molecule has 5 rings (SSSR count). The van der Waals surface area contributed by atoms with E-state index in [1.54, 1.807) is 0 Å². The van der Waals surface area contributed by atoms with Gasteiger partial charge in [-0.2, -0.15) is 0 Å². The maximum Gasteiger partial charge on any atom is 0.0974 e. The lowest BCUT2D eigenvalue weighted by Crippen LogP contribution is -1.97. The van der Waals surface area contributed by atoms with Crippen LogP contribution >= 0.6 is 0 Å². The van der Waals surface area contributed by atoms with Crippen LogP contribution in [-0.2, 0) is 0 Å². The molecule has 0 saturated carbocycles. The number of allylic oxidation sites excluding steroid dienone is 10. The summed E-state index contributed by atoms with van der Waals surface area (Å²) in [6.07, 6.45) is 20.2. The Morgan fingerprint density at radius 1 is 0.667 bits per heavy atom. The Labute approximate surface area is 176 Å². The fourth-order valence-corrected chi connectivity index (χ4v) is 3.97. The molecule has 0 N–H and O–H groups in total. The topological polar surface area (TPSA) is 25.8 Å². The zero-order valence-electron chi connectivity index (χ0n) is 17.0. The Balaban J connectivity index is 1.84. The SMILES string of the molecule is Cc1cc(C2=CC=CC=C=C2)c2ccc3c(C4=CC=C=CC=C4)cc(C)nc3c2n1. The summed E-state index contributed by atoms with van der Waals surface area (Å²) < 4.78 is 0. The summed E-state index contributed by atoms with van der Waals surface area (Å²) in [4.78, 5) is 9.83. The molecule has 2 aliphatic rings. The molecule has 0 fully saturated rings.